The van der Waals surface area contributed by atoms with Crippen LogP contribution in [0.15, 0.2) is 35.3 Å². The maximum absolute atomic E-state index is 11.6. The molecule has 0 spiro atoms. The van der Waals surface area contributed by atoms with E-state index in [4.69, 9.17) is 9.84 Å². The van der Waals surface area contributed by atoms with Crippen LogP contribution in [0.3, 0.4) is 0 Å². The first-order valence-electron chi connectivity index (χ1n) is 6.43. The van der Waals surface area contributed by atoms with E-state index in [-0.39, 0.29) is 5.95 Å². The molecule has 0 fully saturated rings. The highest BCUT2D eigenvalue weighted by molar-refractivity contribution is 5.86. The molecule has 0 saturated carbocycles. The zero-order valence-corrected chi connectivity index (χ0v) is 11.4. The van der Waals surface area contributed by atoms with Gasteiger partial charge in [-0.15, -0.1) is 0 Å². The summed E-state index contributed by atoms with van der Waals surface area (Å²) in [5.74, 6) is -0.538. The fourth-order valence-electron chi connectivity index (χ4n) is 1.65. The number of carboxylic acids is 1. The number of nitrogens with one attached hydrogen (secondary N) is 2. The molecule has 0 atom stereocenters. The Hall–Kier alpha value is -2.83. The molecule has 110 valence electrons. The second kappa shape index (κ2) is 6.56. The van der Waals surface area contributed by atoms with Crippen molar-refractivity contribution in [3.63, 3.8) is 0 Å². The van der Waals surface area contributed by atoms with Crippen molar-refractivity contribution in [1.82, 2.24) is 9.97 Å². The average Bonchev–Trinajstić information content (AvgIpc) is 2.46. The minimum Gasteiger partial charge on any atom is -0.491 e. The van der Waals surface area contributed by atoms with E-state index in [0.717, 1.165) is 12.6 Å². The van der Waals surface area contributed by atoms with Gasteiger partial charge in [-0.25, -0.2) is 9.78 Å². The van der Waals surface area contributed by atoms with Crippen LogP contribution >= 0.6 is 0 Å². The van der Waals surface area contributed by atoms with E-state index in [1.807, 2.05) is 19.1 Å². The van der Waals surface area contributed by atoms with Crippen LogP contribution in [0.1, 0.15) is 23.7 Å². The van der Waals surface area contributed by atoms with Crippen molar-refractivity contribution in [3.05, 3.63) is 46.4 Å². The number of hydrogen-bond donors (Lipinski definition) is 3. The number of aromatic carboxylic acids is 1. The molecule has 1 aromatic carbocycles. The Morgan fingerprint density at radius 1 is 1.43 bits per heavy atom. The third-order valence-corrected chi connectivity index (χ3v) is 2.63. The lowest BCUT2D eigenvalue weighted by Gasteiger charge is -2.11. The molecule has 0 aliphatic heterocycles. The van der Waals surface area contributed by atoms with Crippen molar-refractivity contribution in [2.24, 2.45) is 0 Å². The molecule has 0 aliphatic rings. The lowest BCUT2D eigenvalue weighted by molar-refractivity contribution is 0.0694. The van der Waals surface area contributed by atoms with Gasteiger partial charge in [-0.05, 0) is 18.6 Å². The summed E-state index contributed by atoms with van der Waals surface area (Å²) in [6.45, 7) is 2.57. The minimum atomic E-state index is -1.32. The topological polar surface area (TPSA) is 104 Å². The molecule has 21 heavy (non-hydrogen) atoms. The van der Waals surface area contributed by atoms with Gasteiger partial charge in [-0.1, -0.05) is 19.1 Å². The number of ether oxygens (including phenoxy) is 1. The van der Waals surface area contributed by atoms with E-state index < -0.39 is 17.1 Å². The normalized spacial score (nSPS) is 10.1. The van der Waals surface area contributed by atoms with Gasteiger partial charge in [0, 0.05) is 0 Å². The molecule has 2 rings (SSSR count). The summed E-state index contributed by atoms with van der Waals surface area (Å²) in [4.78, 5) is 28.6. The van der Waals surface area contributed by atoms with Crippen molar-refractivity contribution >= 4 is 17.6 Å². The molecular weight excluding hydrogens is 274 g/mol. The third-order valence-electron chi connectivity index (χ3n) is 2.63. The number of aromatic amines is 1. The molecule has 1 heterocycles. The number of hydrogen-bond acceptors (Lipinski definition) is 5. The Bertz CT molecular complexity index is 697. The van der Waals surface area contributed by atoms with E-state index in [0.29, 0.717) is 18.0 Å². The van der Waals surface area contributed by atoms with Gasteiger partial charge in [0.15, 0.2) is 0 Å². The van der Waals surface area contributed by atoms with Crippen LogP contribution in [0.25, 0.3) is 0 Å². The van der Waals surface area contributed by atoms with Crippen LogP contribution in [-0.2, 0) is 0 Å². The first-order valence-corrected chi connectivity index (χ1v) is 6.43. The minimum absolute atomic E-state index is 0.151. The molecule has 0 aliphatic carbocycles. The van der Waals surface area contributed by atoms with Crippen molar-refractivity contribution < 1.29 is 14.6 Å². The largest absolute Gasteiger partial charge is 0.491 e. The maximum atomic E-state index is 11.6. The molecule has 0 unspecified atom stereocenters. The number of aromatic nitrogens is 2. The Labute approximate surface area is 120 Å². The quantitative estimate of drug-likeness (QED) is 0.751. The van der Waals surface area contributed by atoms with Gasteiger partial charge in [0.1, 0.15) is 11.3 Å². The van der Waals surface area contributed by atoms with Crippen LogP contribution in [0.4, 0.5) is 11.6 Å². The number of carbonyl (C=O) groups is 1. The predicted octanol–water partition coefficient (Wildman–Crippen LogP) is 2.00. The van der Waals surface area contributed by atoms with E-state index in [1.54, 1.807) is 12.1 Å². The summed E-state index contributed by atoms with van der Waals surface area (Å²) in [6.07, 6.45) is 1.88. The molecule has 7 nitrogen and oxygen atoms in total. The van der Waals surface area contributed by atoms with Crippen molar-refractivity contribution in [3.8, 4) is 5.75 Å². The van der Waals surface area contributed by atoms with E-state index in [1.165, 1.54) is 0 Å². The highest BCUT2D eigenvalue weighted by Crippen LogP contribution is 2.25. The summed E-state index contributed by atoms with van der Waals surface area (Å²) < 4.78 is 5.57. The Morgan fingerprint density at radius 3 is 2.86 bits per heavy atom. The van der Waals surface area contributed by atoms with Gasteiger partial charge >= 0.3 is 5.97 Å². The van der Waals surface area contributed by atoms with Gasteiger partial charge in [0.05, 0.1) is 18.5 Å². The first-order chi connectivity index (χ1) is 10.1. The molecule has 1 aromatic heterocycles. The molecule has 7 heteroatoms. The van der Waals surface area contributed by atoms with Gasteiger partial charge in [0.25, 0.3) is 5.56 Å². The van der Waals surface area contributed by atoms with Gasteiger partial charge < -0.3 is 15.2 Å². The summed E-state index contributed by atoms with van der Waals surface area (Å²) in [6, 6.07) is 7.21. The summed E-state index contributed by atoms with van der Waals surface area (Å²) >= 11 is 0. The second-order valence-electron chi connectivity index (χ2n) is 4.25. The molecular formula is C14H15N3O4. The van der Waals surface area contributed by atoms with Gasteiger partial charge in [0.2, 0.25) is 5.95 Å². The Kier molecular flexibility index (Phi) is 4.55. The van der Waals surface area contributed by atoms with Crippen LogP contribution < -0.4 is 15.6 Å². The van der Waals surface area contributed by atoms with E-state index >= 15 is 0 Å². The molecule has 3 N–H and O–H groups in total. The lowest BCUT2D eigenvalue weighted by Crippen LogP contribution is -2.19. The Balaban J connectivity index is 2.24. The monoisotopic (exact) mass is 289 g/mol. The number of para-hydroxylation sites is 2. The number of benzene rings is 1. The third kappa shape index (κ3) is 3.59. The van der Waals surface area contributed by atoms with Crippen LogP contribution in [0, 0.1) is 0 Å². The smallest absolute Gasteiger partial charge is 0.342 e. The van der Waals surface area contributed by atoms with Crippen molar-refractivity contribution in [2.45, 2.75) is 13.3 Å². The van der Waals surface area contributed by atoms with Crippen LogP contribution in [0.2, 0.25) is 0 Å². The van der Waals surface area contributed by atoms with Crippen LogP contribution in [-0.4, -0.2) is 27.7 Å². The Morgan fingerprint density at radius 2 is 2.19 bits per heavy atom. The first kappa shape index (κ1) is 14.6. The molecule has 0 saturated heterocycles. The fourth-order valence-corrected chi connectivity index (χ4v) is 1.65. The zero-order valence-electron chi connectivity index (χ0n) is 11.4. The highest BCUT2D eigenvalue weighted by atomic mass is 16.5. The van der Waals surface area contributed by atoms with Gasteiger partial charge in [-0.2, -0.15) is 0 Å². The maximum Gasteiger partial charge on any atom is 0.342 e. The number of carboxylic acid groups (broad SMARTS) is 1. The number of anilines is 2. The summed E-state index contributed by atoms with van der Waals surface area (Å²) in [5.41, 5.74) is -0.486. The van der Waals surface area contributed by atoms with E-state index in [2.05, 4.69) is 15.3 Å². The predicted molar refractivity (Wildman–Crippen MR) is 77.3 cm³/mol. The molecule has 2 aromatic rings. The van der Waals surface area contributed by atoms with Gasteiger partial charge in [-0.3, -0.25) is 9.78 Å². The standard InChI is InChI=1S/C14H15N3O4/c1-2-7-21-11-6-4-3-5-10(11)16-14-15-8-9(13(19)20)12(18)17-14/h3-6,8H,2,7H2,1H3,(H,19,20)(H2,15,16,17,18). The van der Waals surface area contributed by atoms with Crippen molar-refractivity contribution in [2.75, 3.05) is 11.9 Å². The van der Waals surface area contributed by atoms with E-state index in [9.17, 15) is 9.59 Å². The summed E-state index contributed by atoms with van der Waals surface area (Å²) in [7, 11) is 0. The zero-order chi connectivity index (χ0) is 15.2. The molecule has 0 amide bonds. The lowest BCUT2D eigenvalue weighted by atomic mass is 10.3. The number of rotatable bonds is 6. The SMILES string of the molecule is CCCOc1ccccc1Nc1ncc(C(=O)O)c(=O)[nH]1. The van der Waals surface area contributed by atoms with Crippen LogP contribution in [0.5, 0.6) is 5.75 Å². The number of nitrogens with zero attached hydrogens (tertiary/aromatic N) is 1. The highest BCUT2D eigenvalue weighted by Gasteiger charge is 2.10. The summed E-state index contributed by atoms with van der Waals surface area (Å²) in [5, 5.41) is 11.7. The molecule has 0 radical (unpaired) electrons. The number of H-pyrrole nitrogens is 1. The van der Waals surface area contributed by atoms with Crippen molar-refractivity contribution in [1.29, 1.82) is 0 Å². The fraction of sp³-hybridized carbons (Fsp3) is 0.214. The average molecular weight is 289 g/mol. The second-order valence-corrected chi connectivity index (χ2v) is 4.25. The molecule has 0 bridgehead atoms.